The number of methoxy groups -OCH3 is 1. The smallest absolute Gasteiger partial charge is 0.124 e. The minimum atomic E-state index is -0.649. The molecule has 0 heterocycles. The maximum Gasteiger partial charge on any atom is 0.124 e. The molecule has 0 aromatic heterocycles. The molecule has 1 aromatic carbocycles. The van der Waals surface area contributed by atoms with Crippen LogP contribution in [0.1, 0.15) is 24.9 Å². The molecule has 15 heavy (non-hydrogen) atoms. The maximum atomic E-state index is 9.67. The van der Waals surface area contributed by atoms with Crippen LogP contribution in [0, 0.1) is 0 Å². The Kier molecular flexibility index (Phi) is 3.94. The van der Waals surface area contributed by atoms with E-state index in [0.717, 1.165) is 0 Å². The van der Waals surface area contributed by atoms with Crippen LogP contribution >= 0.6 is 0 Å². The van der Waals surface area contributed by atoms with Gasteiger partial charge in [-0.2, -0.15) is 0 Å². The molecule has 1 aromatic rings. The monoisotopic (exact) mass is 211 g/mol. The Bertz CT molecular complexity index is 328. The second kappa shape index (κ2) is 5.00. The van der Waals surface area contributed by atoms with Gasteiger partial charge in [0.05, 0.1) is 19.3 Å². The summed E-state index contributed by atoms with van der Waals surface area (Å²) >= 11 is 0. The van der Waals surface area contributed by atoms with E-state index in [1.807, 2.05) is 6.92 Å². The lowest BCUT2D eigenvalue weighted by atomic mass is 9.99. The summed E-state index contributed by atoms with van der Waals surface area (Å²) in [5.41, 5.74) is 6.32. The first-order valence-corrected chi connectivity index (χ1v) is 4.90. The molecule has 0 spiro atoms. The number of aliphatic hydroxyl groups excluding tert-OH is 1. The van der Waals surface area contributed by atoms with Crippen LogP contribution in [0.3, 0.4) is 0 Å². The summed E-state index contributed by atoms with van der Waals surface area (Å²) in [5.74, 6) is 0.615. The second-order valence-electron chi connectivity index (χ2n) is 3.43. The largest absolute Gasteiger partial charge is 0.507 e. The first-order valence-electron chi connectivity index (χ1n) is 4.90. The second-order valence-corrected chi connectivity index (χ2v) is 3.43. The molecule has 4 N–H and O–H groups in total. The average Bonchev–Trinajstić information content (AvgIpc) is 2.26. The van der Waals surface area contributed by atoms with Crippen LogP contribution in [0.15, 0.2) is 18.2 Å². The third-order valence-corrected chi connectivity index (χ3v) is 2.43. The Labute approximate surface area is 89.3 Å². The Balaban J connectivity index is 2.95. The number of phenolic OH excluding ortho intramolecular Hbond substituents is 1. The zero-order valence-corrected chi connectivity index (χ0v) is 8.97. The fourth-order valence-corrected chi connectivity index (χ4v) is 1.39. The van der Waals surface area contributed by atoms with Crippen LogP contribution in [0.25, 0.3) is 0 Å². The van der Waals surface area contributed by atoms with Gasteiger partial charge in [-0.15, -0.1) is 0 Å². The molecule has 4 heteroatoms. The predicted octanol–water partition coefficient (Wildman–Crippen LogP) is 1.17. The topological polar surface area (TPSA) is 75.7 Å². The van der Waals surface area contributed by atoms with Gasteiger partial charge in [0.25, 0.3) is 0 Å². The highest BCUT2D eigenvalue weighted by Crippen LogP contribution is 2.29. The minimum Gasteiger partial charge on any atom is -0.507 e. The zero-order valence-electron chi connectivity index (χ0n) is 8.97. The van der Waals surface area contributed by atoms with Gasteiger partial charge in [-0.3, -0.25) is 0 Å². The molecule has 4 nitrogen and oxygen atoms in total. The van der Waals surface area contributed by atoms with E-state index in [9.17, 15) is 10.2 Å². The molecule has 0 amide bonds. The highest BCUT2D eigenvalue weighted by molar-refractivity contribution is 5.41. The first kappa shape index (κ1) is 11.8. The fourth-order valence-electron chi connectivity index (χ4n) is 1.39. The summed E-state index contributed by atoms with van der Waals surface area (Å²) in [4.78, 5) is 0. The van der Waals surface area contributed by atoms with Crippen molar-refractivity contribution in [2.75, 3.05) is 7.11 Å². The summed E-state index contributed by atoms with van der Waals surface area (Å²) in [7, 11) is 1.52. The summed E-state index contributed by atoms with van der Waals surface area (Å²) in [5, 5.41) is 19.2. The van der Waals surface area contributed by atoms with E-state index in [0.29, 0.717) is 17.7 Å². The lowest BCUT2D eigenvalue weighted by Gasteiger charge is -2.18. The minimum absolute atomic E-state index is 0.0503. The molecule has 0 aliphatic carbocycles. The fraction of sp³-hybridized carbons (Fsp3) is 0.455. The summed E-state index contributed by atoms with van der Waals surface area (Å²) in [6, 6.07) is 4.29. The molecule has 0 aliphatic heterocycles. The Morgan fingerprint density at radius 2 is 2.13 bits per heavy atom. The molecule has 84 valence electrons. The number of aliphatic hydroxyl groups is 1. The van der Waals surface area contributed by atoms with Gasteiger partial charge in [0, 0.05) is 11.6 Å². The normalized spacial score (nSPS) is 14.7. The van der Waals surface area contributed by atoms with E-state index in [1.165, 1.54) is 13.2 Å². The van der Waals surface area contributed by atoms with Crippen LogP contribution in [0.2, 0.25) is 0 Å². The van der Waals surface area contributed by atoms with Crippen molar-refractivity contribution in [2.45, 2.75) is 25.5 Å². The lowest BCUT2D eigenvalue weighted by molar-refractivity contribution is 0.139. The van der Waals surface area contributed by atoms with Gasteiger partial charge in [0.1, 0.15) is 11.5 Å². The van der Waals surface area contributed by atoms with Crippen molar-refractivity contribution in [3.8, 4) is 11.5 Å². The van der Waals surface area contributed by atoms with Gasteiger partial charge in [-0.25, -0.2) is 0 Å². The van der Waals surface area contributed by atoms with Gasteiger partial charge < -0.3 is 20.7 Å². The van der Waals surface area contributed by atoms with Gasteiger partial charge in [-0.1, -0.05) is 6.92 Å². The number of hydrogen-bond donors (Lipinski definition) is 3. The van der Waals surface area contributed by atoms with Crippen molar-refractivity contribution in [2.24, 2.45) is 5.73 Å². The molecule has 0 aliphatic rings. The molecule has 0 radical (unpaired) electrons. The van der Waals surface area contributed by atoms with E-state index in [2.05, 4.69) is 0 Å². The van der Waals surface area contributed by atoms with Crippen LogP contribution < -0.4 is 10.5 Å². The number of nitrogens with two attached hydrogens (primary N) is 1. The molecule has 0 saturated carbocycles. The van der Waals surface area contributed by atoms with Gasteiger partial charge in [0.15, 0.2) is 0 Å². The number of rotatable bonds is 4. The summed E-state index contributed by atoms with van der Waals surface area (Å²) in [6.07, 6.45) is -0.101. The van der Waals surface area contributed by atoms with Crippen molar-refractivity contribution in [3.05, 3.63) is 23.8 Å². The van der Waals surface area contributed by atoms with E-state index >= 15 is 0 Å². The number of benzene rings is 1. The number of ether oxygens (including phenoxy) is 1. The quantitative estimate of drug-likeness (QED) is 0.698. The Hall–Kier alpha value is -1.26. The molecular formula is C11H17NO3. The molecule has 0 bridgehead atoms. The molecule has 1 rings (SSSR count). The lowest BCUT2D eigenvalue weighted by Crippen LogP contribution is -2.25. The van der Waals surface area contributed by atoms with E-state index in [4.69, 9.17) is 10.5 Å². The Morgan fingerprint density at radius 1 is 1.47 bits per heavy atom. The molecule has 0 fully saturated rings. The van der Waals surface area contributed by atoms with Crippen molar-refractivity contribution in [1.29, 1.82) is 0 Å². The third kappa shape index (κ3) is 2.61. The Morgan fingerprint density at radius 3 is 2.60 bits per heavy atom. The highest BCUT2D eigenvalue weighted by atomic mass is 16.5. The van der Waals surface area contributed by atoms with Gasteiger partial charge >= 0.3 is 0 Å². The van der Waals surface area contributed by atoms with Crippen LogP contribution in [0.4, 0.5) is 0 Å². The number of hydrogen-bond acceptors (Lipinski definition) is 4. The van der Waals surface area contributed by atoms with Crippen LogP contribution in [-0.4, -0.2) is 23.4 Å². The summed E-state index contributed by atoms with van der Waals surface area (Å²) in [6.45, 7) is 1.84. The number of aromatic hydroxyl groups is 1. The van der Waals surface area contributed by atoms with Crippen molar-refractivity contribution in [3.63, 3.8) is 0 Å². The summed E-state index contributed by atoms with van der Waals surface area (Å²) < 4.78 is 4.95. The van der Waals surface area contributed by atoms with Crippen molar-refractivity contribution in [1.82, 2.24) is 0 Å². The highest BCUT2D eigenvalue weighted by Gasteiger charge is 2.18. The van der Waals surface area contributed by atoms with Gasteiger partial charge in [-0.05, 0) is 18.6 Å². The molecule has 0 unspecified atom stereocenters. The predicted molar refractivity (Wildman–Crippen MR) is 57.9 cm³/mol. The van der Waals surface area contributed by atoms with Crippen LogP contribution in [-0.2, 0) is 0 Å². The SMILES string of the molecule is CC[C@H](O)[C@H](N)c1ccc(OC)cc1O. The van der Waals surface area contributed by atoms with Crippen molar-refractivity contribution < 1.29 is 14.9 Å². The third-order valence-electron chi connectivity index (χ3n) is 2.43. The van der Waals surface area contributed by atoms with Gasteiger partial charge in [0.2, 0.25) is 0 Å². The van der Waals surface area contributed by atoms with E-state index in [1.54, 1.807) is 12.1 Å². The average molecular weight is 211 g/mol. The maximum absolute atomic E-state index is 9.67. The molecule has 0 saturated heterocycles. The molecular weight excluding hydrogens is 194 g/mol. The van der Waals surface area contributed by atoms with E-state index < -0.39 is 12.1 Å². The first-order chi connectivity index (χ1) is 7.10. The zero-order chi connectivity index (χ0) is 11.4. The van der Waals surface area contributed by atoms with E-state index in [-0.39, 0.29) is 5.75 Å². The number of phenols is 1. The molecule has 2 atom stereocenters. The standard InChI is InChI=1S/C11H17NO3/c1-3-9(13)11(12)8-5-4-7(15-2)6-10(8)14/h4-6,9,11,13-14H,3,12H2,1-2H3/t9-,11+/m0/s1. The van der Waals surface area contributed by atoms with Crippen LogP contribution in [0.5, 0.6) is 11.5 Å². The van der Waals surface area contributed by atoms with Crippen molar-refractivity contribution >= 4 is 0 Å².